The summed E-state index contributed by atoms with van der Waals surface area (Å²) in [4.78, 5) is 11.5. The van der Waals surface area contributed by atoms with Crippen molar-refractivity contribution in [3.8, 4) is 5.75 Å². The van der Waals surface area contributed by atoms with E-state index in [0.29, 0.717) is 33.0 Å². The van der Waals surface area contributed by atoms with Gasteiger partial charge in [0.05, 0.1) is 52.7 Å². The Morgan fingerprint density at radius 2 is 1.03 bits per heavy atom. The number of hydrogen-bond acceptors (Lipinski definition) is 6. The first-order chi connectivity index (χ1) is 14.4. The molecule has 0 aromatic heterocycles. The van der Waals surface area contributed by atoms with Crippen LogP contribution in [-0.2, 0) is 23.7 Å². The monoisotopic (exact) mass is 444 g/mol. The van der Waals surface area contributed by atoms with Gasteiger partial charge in [-0.25, -0.2) is 13.2 Å². The Balaban J connectivity index is 2.09. The molecule has 0 heterocycles. The molecule has 0 amide bonds. The number of rotatable bonds is 16. The van der Waals surface area contributed by atoms with Gasteiger partial charge >= 0.3 is 5.97 Å². The molecule has 0 N–H and O–H groups in total. The first-order valence-electron chi connectivity index (χ1n) is 9.43. The minimum atomic E-state index is -2.33. The van der Waals surface area contributed by atoms with Gasteiger partial charge in [0.15, 0.2) is 0 Å². The molecule has 0 aliphatic carbocycles. The largest absolute Gasteiger partial charge is 0.420 e. The maximum Gasteiger partial charge on any atom is 0.313 e. The molecule has 30 heavy (non-hydrogen) atoms. The van der Waals surface area contributed by atoms with Crippen LogP contribution >= 0.6 is 0 Å². The second kappa shape index (κ2) is 15.1. The van der Waals surface area contributed by atoms with Gasteiger partial charge in [-0.05, 0) is 6.42 Å². The van der Waals surface area contributed by atoms with Crippen LogP contribution in [0.2, 0.25) is 0 Å². The van der Waals surface area contributed by atoms with E-state index in [2.05, 4.69) is 11.7 Å². The third-order valence-electron chi connectivity index (χ3n) is 3.59. The molecule has 1 rings (SSSR count). The summed E-state index contributed by atoms with van der Waals surface area (Å²) in [6.45, 7) is 4.63. The number of carbonyl (C=O) groups is 1. The highest BCUT2D eigenvalue weighted by Crippen LogP contribution is 2.29. The third-order valence-corrected chi connectivity index (χ3v) is 3.59. The summed E-state index contributed by atoms with van der Waals surface area (Å²) in [6.07, 6.45) is 1.63. The minimum absolute atomic E-state index is 0.121. The SMILES string of the molecule is CCCCOCCOCCOCCOCCC(=O)Oc1c(F)c(F)c(F)c(F)c1F. The number of esters is 1. The topological polar surface area (TPSA) is 63.2 Å². The summed E-state index contributed by atoms with van der Waals surface area (Å²) < 4.78 is 90.9. The highest BCUT2D eigenvalue weighted by Gasteiger charge is 2.28. The fraction of sp³-hybridized carbons (Fsp3) is 0.632. The molecule has 0 atom stereocenters. The van der Waals surface area contributed by atoms with Gasteiger partial charge in [0.1, 0.15) is 0 Å². The summed E-state index contributed by atoms with van der Waals surface area (Å²) in [5.74, 6) is -14.0. The van der Waals surface area contributed by atoms with E-state index in [-0.39, 0.29) is 19.8 Å². The van der Waals surface area contributed by atoms with Gasteiger partial charge in [0.25, 0.3) is 0 Å². The Morgan fingerprint density at radius 3 is 1.50 bits per heavy atom. The molecule has 0 bridgehead atoms. The average Bonchev–Trinajstić information content (AvgIpc) is 2.74. The van der Waals surface area contributed by atoms with E-state index in [1.165, 1.54) is 0 Å². The highest BCUT2D eigenvalue weighted by atomic mass is 19.2. The second-order valence-corrected chi connectivity index (χ2v) is 5.93. The lowest BCUT2D eigenvalue weighted by Crippen LogP contribution is -2.16. The molecule has 1 aromatic rings. The number of unbranched alkanes of at least 4 members (excludes halogenated alkanes) is 1. The minimum Gasteiger partial charge on any atom is -0.420 e. The van der Waals surface area contributed by atoms with E-state index in [0.717, 1.165) is 12.8 Å². The second-order valence-electron chi connectivity index (χ2n) is 5.93. The third kappa shape index (κ3) is 9.33. The van der Waals surface area contributed by atoms with E-state index in [1.807, 2.05) is 0 Å². The quantitative estimate of drug-likeness (QED) is 0.0971. The van der Waals surface area contributed by atoms with Crippen molar-refractivity contribution in [1.82, 2.24) is 0 Å². The van der Waals surface area contributed by atoms with Gasteiger partial charge in [-0.15, -0.1) is 0 Å². The zero-order valence-electron chi connectivity index (χ0n) is 16.6. The summed E-state index contributed by atoms with van der Waals surface area (Å²) in [7, 11) is 0. The average molecular weight is 444 g/mol. The first-order valence-corrected chi connectivity index (χ1v) is 9.43. The Bertz CT molecular complexity index is 630. The fourth-order valence-corrected chi connectivity index (χ4v) is 2.00. The Hall–Kier alpha value is -1.82. The van der Waals surface area contributed by atoms with Gasteiger partial charge in [-0.3, -0.25) is 4.79 Å². The van der Waals surface area contributed by atoms with Crippen LogP contribution in [0, 0.1) is 29.1 Å². The van der Waals surface area contributed by atoms with E-state index in [4.69, 9.17) is 18.9 Å². The molecule has 172 valence electrons. The van der Waals surface area contributed by atoms with Crippen LogP contribution in [-0.4, -0.2) is 58.8 Å². The lowest BCUT2D eigenvalue weighted by molar-refractivity contribution is -0.136. The first kappa shape index (κ1) is 26.2. The van der Waals surface area contributed by atoms with Crippen LogP contribution in [0.5, 0.6) is 5.75 Å². The molecular weight excluding hydrogens is 419 g/mol. The van der Waals surface area contributed by atoms with Crippen molar-refractivity contribution in [2.24, 2.45) is 0 Å². The number of hydrogen-bond donors (Lipinski definition) is 0. The number of halogens is 5. The van der Waals surface area contributed by atoms with Crippen molar-refractivity contribution in [2.75, 3.05) is 52.9 Å². The maximum absolute atomic E-state index is 13.4. The van der Waals surface area contributed by atoms with Gasteiger partial charge in [0, 0.05) is 6.61 Å². The van der Waals surface area contributed by atoms with Crippen molar-refractivity contribution in [3.05, 3.63) is 29.1 Å². The van der Waals surface area contributed by atoms with Crippen molar-refractivity contribution >= 4 is 5.97 Å². The molecule has 1 aromatic carbocycles. The van der Waals surface area contributed by atoms with E-state index in [9.17, 15) is 26.7 Å². The molecule has 0 saturated carbocycles. The molecule has 0 unspecified atom stereocenters. The molecule has 0 fully saturated rings. The van der Waals surface area contributed by atoms with Crippen LogP contribution in [0.3, 0.4) is 0 Å². The Kier molecular flexibility index (Phi) is 13.2. The molecule has 0 aliphatic rings. The van der Waals surface area contributed by atoms with Crippen molar-refractivity contribution in [3.63, 3.8) is 0 Å². The van der Waals surface area contributed by atoms with Gasteiger partial charge in [0.2, 0.25) is 34.8 Å². The normalized spacial score (nSPS) is 11.1. The predicted octanol–water partition coefficient (Wildman–Crippen LogP) is 3.54. The zero-order valence-corrected chi connectivity index (χ0v) is 16.6. The zero-order chi connectivity index (χ0) is 22.4. The summed E-state index contributed by atoms with van der Waals surface area (Å²) in [6, 6.07) is 0. The van der Waals surface area contributed by atoms with Crippen molar-refractivity contribution in [1.29, 1.82) is 0 Å². The lowest BCUT2D eigenvalue weighted by Gasteiger charge is -2.09. The molecule has 0 saturated heterocycles. The van der Waals surface area contributed by atoms with Crippen LogP contribution in [0.15, 0.2) is 0 Å². The summed E-state index contributed by atoms with van der Waals surface area (Å²) in [5.41, 5.74) is 0. The Morgan fingerprint density at radius 1 is 0.633 bits per heavy atom. The van der Waals surface area contributed by atoms with Crippen molar-refractivity contribution in [2.45, 2.75) is 26.2 Å². The molecular formula is C19H25F5O6. The van der Waals surface area contributed by atoms with Crippen LogP contribution in [0.25, 0.3) is 0 Å². The van der Waals surface area contributed by atoms with Gasteiger partial charge in [-0.1, -0.05) is 13.3 Å². The van der Waals surface area contributed by atoms with Crippen LogP contribution in [0.4, 0.5) is 22.0 Å². The summed E-state index contributed by atoms with van der Waals surface area (Å²) >= 11 is 0. The molecule has 0 radical (unpaired) electrons. The van der Waals surface area contributed by atoms with Gasteiger partial charge < -0.3 is 23.7 Å². The van der Waals surface area contributed by atoms with Gasteiger partial charge in [-0.2, -0.15) is 8.78 Å². The molecule has 11 heteroatoms. The van der Waals surface area contributed by atoms with E-state index >= 15 is 0 Å². The predicted molar refractivity (Wildman–Crippen MR) is 94.7 cm³/mol. The molecule has 6 nitrogen and oxygen atoms in total. The fourth-order valence-electron chi connectivity index (χ4n) is 2.00. The number of ether oxygens (including phenoxy) is 5. The number of benzene rings is 1. The van der Waals surface area contributed by atoms with Crippen molar-refractivity contribution < 1.29 is 50.4 Å². The smallest absolute Gasteiger partial charge is 0.313 e. The highest BCUT2D eigenvalue weighted by molar-refractivity contribution is 5.72. The molecule has 0 aliphatic heterocycles. The van der Waals surface area contributed by atoms with E-state index in [1.54, 1.807) is 0 Å². The lowest BCUT2D eigenvalue weighted by atomic mass is 10.2. The van der Waals surface area contributed by atoms with Crippen LogP contribution in [0.1, 0.15) is 26.2 Å². The maximum atomic E-state index is 13.4. The number of carbonyl (C=O) groups excluding carboxylic acids is 1. The van der Waals surface area contributed by atoms with Crippen LogP contribution < -0.4 is 4.74 Å². The summed E-state index contributed by atoms with van der Waals surface area (Å²) in [5, 5.41) is 0. The Labute approximate surface area is 171 Å². The standard InChI is InChI=1S/C19H25F5O6/c1-2-3-5-26-7-9-28-11-12-29-10-8-27-6-4-13(25)30-19-17(23)15(21)14(20)16(22)18(19)24/h2-12H2,1H3. The van der Waals surface area contributed by atoms with E-state index < -0.39 is 47.2 Å². The molecule has 0 spiro atoms.